The highest BCUT2D eigenvalue weighted by Crippen LogP contribution is 2.23. The highest BCUT2D eigenvalue weighted by atomic mass is 32.2. The van der Waals surface area contributed by atoms with Gasteiger partial charge in [-0.3, -0.25) is 4.79 Å². The number of hydrogen-bond acceptors (Lipinski definition) is 5. The lowest BCUT2D eigenvalue weighted by atomic mass is 9.97. The van der Waals surface area contributed by atoms with Crippen molar-refractivity contribution in [2.24, 2.45) is 0 Å². The molecule has 128 valence electrons. The fraction of sp³-hybridized carbons (Fsp3) is 0.250. The third-order valence-electron chi connectivity index (χ3n) is 3.68. The van der Waals surface area contributed by atoms with E-state index in [1.807, 2.05) is 13.0 Å². The van der Waals surface area contributed by atoms with Gasteiger partial charge in [0.1, 0.15) is 4.21 Å². The molecule has 2 rings (SSSR count). The fourth-order valence-corrected chi connectivity index (χ4v) is 4.00. The number of thiophene rings is 1. The largest absolute Gasteiger partial charge is 0.479 e. The Morgan fingerprint density at radius 1 is 1.25 bits per heavy atom. The van der Waals surface area contributed by atoms with Crippen LogP contribution in [0.3, 0.4) is 0 Å². The van der Waals surface area contributed by atoms with Crippen molar-refractivity contribution in [2.75, 3.05) is 6.26 Å². The van der Waals surface area contributed by atoms with Gasteiger partial charge in [-0.05, 0) is 36.6 Å². The molecular weight excluding hydrogens is 350 g/mol. The van der Waals surface area contributed by atoms with E-state index in [0.29, 0.717) is 5.56 Å². The van der Waals surface area contributed by atoms with Gasteiger partial charge in [0.25, 0.3) is 5.91 Å². The summed E-state index contributed by atoms with van der Waals surface area (Å²) in [7, 11) is -3.40. The molecule has 24 heavy (non-hydrogen) atoms. The maximum atomic E-state index is 12.3. The van der Waals surface area contributed by atoms with Crippen molar-refractivity contribution in [1.82, 2.24) is 5.32 Å². The predicted molar refractivity (Wildman–Crippen MR) is 91.2 cm³/mol. The molecule has 0 aliphatic heterocycles. The fourth-order valence-electron chi connectivity index (χ4n) is 2.20. The number of benzene rings is 1. The quantitative estimate of drug-likeness (QED) is 0.845. The monoisotopic (exact) mass is 367 g/mol. The second-order valence-corrected chi connectivity index (χ2v) is 8.61. The van der Waals surface area contributed by atoms with Gasteiger partial charge in [0.2, 0.25) is 0 Å². The molecule has 0 saturated heterocycles. The van der Waals surface area contributed by atoms with Crippen molar-refractivity contribution < 1.29 is 23.1 Å². The first-order chi connectivity index (χ1) is 11.1. The first kappa shape index (κ1) is 18.2. The molecule has 0 bridgehead atoms. The van der Waals surface area contributed by atoms with Crippen LogP contribution in [0.4, 0.5) is 0 Å². The minimum absolute atomic E-state index is 0.0614. The predicted octanol–water partition coefficient (Wildman–Crippen LogP) is 2.32. The van der Waals surface area contributed by atoms with E-state index in [0.717, 1.165) is 28.7 Å². The molecule has 1 aromatic carbocycles. The van der Waals surface area contributed by atoms with Gasteiger partial charge < -0.3 is 10.4 Å². The van der Waals surface area contributed by atoms with Gasteiger partial charge in [0, 0.05) is 11.6 Å². The van der Waals surface area contributed by atoms with Gasteiger partial charge in [-0.15, -0.1) is 11.3 Å². The van der Waals surface area contributed by atoms with Crippen molar-refractivity contribution in [3.8, 4) is 0 Å². The maximum absolute atomic E-state index is 12.3. The van der Waals surface area contributed by atoms with Crippen molar-refractivity contribution in [3.63, 3.8) is 0 Å². The molecule has 0 aliphatic carbocycles. The first-order valence-corrected chi connectivity index (χ1v) is 9.76. The summed E-state index contributed by atoms with van der Waals surface area (Å²) in [5, 5.41) is 13.3. The number of rotatable bonds is 5. The van der Waals surface area contributed by atoms with Crippen LogP contribution in [0.2, 0.25) is 0 Å². The average molecular weight is 367 g/mol. The molecule has 1 heterocycles. The highest BCUT2D eigenvalue weighted by molar-refractivity contribution is 7.92. The van der Waals surface area contributed by atoms with Gasteiger partial charge in [-0.25, -0.2) is 13.2 Å². The molecule has 0 fully saturated rings. The zero-order chi connectivity index (χ0) is 18.1. The molecule has 1 aromatic heterocycles. The number of carbonyl (C=O) groups is 2. The molecule has 1 atom stereocenters. The Bertz CT molecular complexity index is 899. The lowest BCUT2D eigenvalue weighted by Gasteiger charge is -2.18. The van der Waals surface area contributed by atoms with E-state index in [2.05, 4.69) is 5.32 Å². The van der Waals surface area contributed by atoms with E-state index < -0.39 is 27.8 Å². The number of carboxylic acid groups (broad SMARTS) is 1. The maximum Gasteiger partial charge on any atom is 0.330 e. The second kappa shape index (κ2) is 6.74. The van der Waals surface area contributed by atoms with Gasteiger partial charge in [-0.1, -0.05) is 18.2 Å². The lowest BCUT2D eigenvalue weighted by molar-refractivity contribution is -0.139. The third kappa shape index (κ3) is 3.82. The van der Waals surface area contributed by atoms with Crippen LogP contribution in [-0.2, 0) is 14.6 Å². The van der Waals surface area contributed by atoms with Crippen molar-refractivity contribution in [1.29, 1.82) is 0 Å². The molecular formula is C16H17NO5S2. The Balaban J connectivity index is 2.31. The minimum Gasteiger partial charge on any atom is -0.479 e. The number of amides is 1. The molecule has 0 spiro atoms. The summed E-state index contributed by atoms with van der Waals surface area (Å²) >= 11 is 0.925. The Kier molecular flexibility index (Phi) is 5.10. The van der Waals surface area contributed by atoms with Crippen molar-refractivity contribution >= 4 is 33.1 Å². The zero-order valence-electron chi connectivity index (χ0n) is 13.4. The molecule has 8 heteroatoms. The molecule has 6 nitrogen and oxygen atoms in total. The van der Waals surface area contributed by atoms with Gasteiger partial charge in [0.05, 0.1) is 5.56 Å². The van der Waals surface area contributed by atoms with E-state index in [1.165, 1.54) is 11.4 Å². The van der Waals surface area contributed by atoms with Crippen molar-refractivity contribution in [3.05, 3.63) is 51.9 Å². The number of aliphatic carboxylic acids is 1. The summed E-state index contributed by atoms with van der Waals surface area (Å²) in [6, 6.07) is 5.27. The Morgan fingerprint density at radius 3 is 2.46 bits per heavy atom. The molecule has 0 radical (unpaired) electrons. The number of sulfone groups is 1. The van der Waals surface area contributed by atoms with Crippen LogP contribution in [0.25, 0.3) is 0 Å². The van der Waals surface area contributed by atoms with Crippen LogP contribution in [0.15, 0.2) is 33.9 Å². The number of carboxylic acids is 1. The molecule has 0 aliphatic rings. The number of aryl methyl sites for hydroxylation is 1. The normalized spacial score (nSPS) is 12.6. The summed E-state index contributed by atoms with van der Waals surface area (Å²) in [4.78, 5) is 23.9. The summed E-state index contributed by atoms with van der Waals surface area (Å²) < 4.78 is 23.0. The molecule has 1 unspecified atom stereocenters. The smallest absolute Gasteiger partial charge is 0.330 e. The number of nitrogens with one attached hydrogen (secondary N) is 1. The van der Waals surface area contributed by atoms with E-state index in [4.69, 9.17) is 0 Å². The molecule has 2 aromatic rings. The van der Waals surface area contributed by atoms with Crippen LogP contribution in [0.5, 0.6) is 0 Å². The standard InChI is InChI=1S/C16H17NO5S2/c1-9-5-4-6-12(10(9)2)14(16(19)20)17-15(18)11-7-13(23-8-11)24(3,21)22/h4-8,14H,1-3H3,(H,17,18)(H,19,20). The summed E-state index contributed by atoms with van der Waals surface area (Å²) in [6.45, 7) is 3.65. The van der Waals surface area contributed by atoms with Crippen LogP contribution in [0.1, 0.15) is 33.1 Å². The topological polar surface area (TPSA) is 101 Å². The van der Waals surface area contributed by atoms with Crippen LogP contribution in [0, 0.1) is 13.8 Å². The van der Waals surface area contributed by atoms with E-state index in [9.17, 15) is 23.1 Å². The number of carbonyl (C=O) groups excluding carboxylic acids is 1. The van der Waals surface area contributed by atoms with Crippen molar-refractivity contribution in [2.45, 2.75) is 24.1 Å². The van der Waals surface area contributed by atoms with Crippen LogP contribution in [-0.4, -0.2) is 31.7 Å². The Hall–Kier alpha value is -2.19. The van der Waals surface area contributed by atoms with Gasteiger partial charge >= 0.3 is 5.97 Å². The molecule has 0 saturated carbocycles. The first-order valence-electron chi connectivity index (χ1n) is 6.99. The number of hydrogen-bond donors (Lipinski definition) is 2. The molecule has 1 amide bonds. The minimum atomic E-state index is -3.40. The average Bonchev–Trinajstić information content (AvgIpc) is 2.97. The van der Waals surface area contributed by atoms with Gasteiger partial charge in [0.15, 0.2) is 15.9 Å². The van der Waals surface area contributed by atoms with Gasteiger partial charge in [-0.2, -0.15) is 0 Å². The highest BCUT2D eigenvalue weighted by Gasteiger charge is 2.25. The SMILES string of the molecule is Cc1cccc(C(NC(=O)c2csc(S(C)(=O)=O)c2)C(=O)O)c1C. The summed E-state index contributed by atoms with van der Waals surface area (Å²) in [5.74, 6) is -1.81. The van der Waals surface area contributed by atoms with Crippen LogP contribution < -0.4 is 5.32 Å². The van der Waals surface area contributed by atoms with Crippen LogP contribution >= 0.6 is 11.3 Å². The summed E-state index contributed by atoms with van der Waals surface area (Å²) in [5.41, 5.74) is 2.32. The van der Waals surface area contributed by atoms with E-state index in [-0.39, 0.29) is 9.77 Å². The summed E-state index contributed by atoms with van der Waals surface area (Å²) in [6.07, 6.45) is 1.05. The lowest BCUT2D eigenvalue weighted by Crippen LogP contribution is -2.34. The second-order valence-electron chi connectivity index (χ2n) is 5.46. The third-order valence-corrected chi connectivity index (χ3v) is 6.45. The van der Waals surface area contributed by atoms with E-state index >= 15 is 0 Å². The molecule has 2 N–H and O–H groups in total. The Labute approximate surface area is 144 Å². The zero-order valence-corrected chi connectivity index (χ0v) is 15.0. The Morgan fingerprint density at radius 2 is 1.92 bits per heavy atom. The van der Waals surface area contributed by atoms with E-state index in [1.54, 1.807) is 19.1 Å².